The van der Waals surface area contributed by atoms with E-state index in [0.29, 0.717) is 5.92 Å². The number of nitrogens with zero attached hydrogens (tertiary/aromatic N) is 2. The first-order valence-electron chi connectivity index (χ1n) is 7.09. The second-order valence-electron chi connectivity index (χ2n) is 5.62. The Balaban J connectivity index is 2.23. The molecule has 2 rings (SSSR count). The molecule has 1 aliphatic heterocycles. The van der Waals surface area contributed by atoms with Crippen molar-refractivity contribution >= 4 is 5.91 Å². The SMILES string of the molecule is CCC(C)c1ccc(C2C(=O)N(C)CCN2C)cc1. The molecule has 0 aromatic heterocycles. The van der Waals surface area contributed by atoms with Crippen LogP contribution < -0.4 is 0 Å². The molecule has 0 bridgehead atoms. The van der Waals surface area contributed by atoms with Crippen LogP contribution in [0.15, 0.2) is 24.3 Å². The first kappa shape index (κ1) is 14.1. The third kappa shape index (κ3) is 2.81. The maximum atomic E-state index is 12.3. The fourth-order valence-electron chi connectivity index (χ4n) is 2.58. The van der Waals surface area contributed by atoms with Gasteiger partial charge in [-0.2, -0.15) is 0 Å². The van der Waals surface area contributed by atoms with Gasteiger partial charge in [0.25, 0.3) is 0 Å². The van der Waals surface area contributed by atoms with E-state index in [4.69, 9.17) is 0 Å². The van der Waals surface area contributed by atoms with E-state index in [1.54, 1.807) is 0 Å². The lowest BCUT2D eigenvalue weighted by atomic mass is 9.95. The molecule has 1 fully saturated rings. The Morgan fingerprint density at radius 1 is 1.21 bits per heavy atom. The normalized spacial score (nSPS) is 22.6. The van der Waals surface area contributed by atoms with Crippen LogP contribution in [0.1, 0.15) is 43.4 Å². The Morgan fingerprint density at radius 2 is 1.84 bits per heavy atom. The highest BCUT2D eigenvalue weighted by Crippen LogP contribution is 2.27. The van der Waals surface area contributed by atoms with Crippen LogP contribution in [0.5, 0.6) is 0 Å². The van der Waals surface area contributed by atoms with Crippen molar-refractivity contribution in [3.8, 4) is 0 Å². The van der Waals surface area contributed by atoms with Crippen LogP contribution in [0.3, 0.4) is 0 Å². The molecular weight excluding hydrogens is 236 g/mol. The monoisotopic (exact) mass is 260 g/mol. The van der Waals surface area contributed by atoms with Crippen molar-refractivity contribution in [2.45, 2.75) is 32.2 Å². The molecule has 2 atom stereocenters. The zero-order valence-corrected chi connectivity index (χ0v) is 12.4. The molecule has 2 unspecified atom stereocenters. The van der Waals surface area contributed by atoms with Gasteiger partial charge in [-0.1, -0.05) is 38.1 Å². The lowest BCUT2D eigenvalue weighted by Gasteiger charge is -2.37. The first-order chi connectivity index (χ1) is 9.04. The van der Waals surface area contributed by atoms with Crippen molar-refractivity contribution in [3.05, 3.63) is 35.4 Å². The molecule has 1 heterocycles. The van der Waals surface area contributed by atoms with Crippen molar-refractivity contribution in [2.24, 2.45) is 0 Å². The minimum absolute atomic E-state index is 0.121. The zero-order chi connectivity index (χ0) is 14.0. The topological polar surface area (TPSA) is 23.6 Å². The molecule has 1 saturated heterocycles. The van der Waals surface area contributed by atoms with Crippen molar-refractivity contribution in [1.29, 1.82) is 0 Å². The molecule has 19 heavy (non-hydrogen) atoms. The standard InChI is InChI=1S/C16H24N2O/c1-5-12(2)13-6-8-14(9-7-13)15-16(19)18(4)11-10-17(15)3/h6-9,12,15H,5,10-11H2,1-4H3. The van der Waals surface area contributed by atoms with Gasteiger partial charge in [0.05, 0.1) is 0 Å². The van der Waals surface area contributed by atoms with Gasteiger partial charge in [-0.05, 0) is 30.5 Å². The third-order valence-corrected chi connectivity index (χ3v) is 4.27. The van der Waals surface area contributed by atoms with Gasteiger partial charge in [-0.3, -0.25) is 9.69 Å². The van der Waals surface area contributed by atoms with Gasteiger partial charge in [0.15, 0.2) is 0 Å². The summed E-state index contributed by atoms with van der Waals surface area (Å²) in [5.41, 5.74) is 2.46. The second kappa shape index (κ2) is 5.74. The summed E-state index contributed by atoms with van der Waals surface area (Å²) in [4.78, 5) is 16.3. The van der Waals surface area contributed by atoms with Gasteiger partial charge < -0.3 is 4.90 Å². The van der Waals surface area contributed by atoms with E-state index in [0.717, 1.165) is 25.1 Å². The minimum Gasteiger partial charge on any atom is -0.343 e. The smallest absolute Gasteiger partial charge is 0.244 e. The van der Waals surface area contributed by atoms with Crippen LogP contribution in [-0.2, 0) is 4.79 Å². The summed E-state index contributed by atoms with van der Waals surface area (Å²) in [6.07, 6.45) is 1.14. The van der Waals surface area contributed by atoms with Gasteiger partial charge in [-0.25, -0.2) is 0 Å². The highest BCUT2D eigenvalue weighted by Gasteiger charge is 2.31. The van der Waals surface area contributed by atoms with E-state index in [-0.39, 0.29) is 11.9 Å². The van der Waals surface area contributed by atoms with Crippen LogP contribution >= 0.6 is 0 Å². The number of rotatable bonds is 3. The maximum Gasteiger partial charge on any atom is 0.244 e. The average Bonchev–Trinajstić information content (AvgIpc) is 2.43. The predicted octanol–water partition coefficient (Wildman–Crippen LogP) is 2.65. The van der Waals surface area contributed by atoms with Crippen LogP contribution in [0.2, 0.25) is 0 Å². The van der Waals surface area contributed by atoms with Crippen molar-refractivity contribution in [2.75, 3.05) is 27.2 Å². The van der Waals surface area contributed by atoms with Crippen LogP contribution in [-0.4, -0.2) is 42.9 Å². The number of likely N-dealkylation sites (N-methyl/N-ethyl adjacent to an activating group) is 2. The molecule has 0 N–H and O–H groups in total. The average molecular weight is 260 g/mol. The van der Waals surface area contributed by atoms with Crippen molar-refractivity contribution in [3.63, 3.8) is 0 Å². The van der Waals surface area contributed by atoms with Gasteiger partial charge in [0, 0.05) is 20.1 Å². The molecule has 104 valence electrons. The minimum atomic E-state index is -0.121. The molecule has 1 aromatic rings. The van der Waals surface area contributed by atoms with Crippen LogP contribution in [0, 0.1) is 0 Å². The van der Waals surface area contributed by atoms with E-state index in [1.165, 1.54) is 5.56 Å². The first-order valence-corrected chi connectivity index (χ1v) is 7.09. The van der Waals surface area contributed by atoms with Gasteiger partial charge in [0.2, 0.25) is 5.91 Å². The Bertz CT molecular complexity index is 441. The number of hydrogen-bond donors (Lipinski definition) is 0. The Labute approximate surface area is 116 Å². The van der Waals surface area contributed by atoms with E-state index < -0.39 is 0 Å². The molecule has 3 nitrogen and oxygen atoms in total. The summed E-state index contributed by atoms with van der Waals surface area (Å²) < 4.78 is 0. The molecular formula is C16H24N2O. The summed E-state index contributed by atoms with van der Waals surface area (Å²) in [6, 6.07) is 8.43. The molecule has 1 aromatic carbocycles. The molecule has 0 saturated carbocycles. The lowest BCUT2D eigenvalue weighted by Crippen LogP contribution is -2.48. The number of piperazine rings is 1. The van der Waals surface area contributed by atoms with Crippen LogP contribution in [0.4, 0.5) is 0 Å². The zero-order valence-electron chi connectivity index (χ0n) is 12.4. The van der Waals surface area contributed by atoms with E-state index in [1.807, 2.05) is 19.0 Å². The van der Waals surface area contributed by atoms with Crippen LogP contribution in [0.25, 0.3) is 0 Å². The summed E-state index contributed by atoms with van der Waals surface area (Å²) in [7, 11) is 3.91. The maximum absolute atomic E-state index is 12.3. The quantitative estimate of drug-likeness (QED) is 0.834. The van der Waals surface area contributed by atoms with Crippen molar-refractivity contribution < 1.29 is 4.79 Å². The number of benzene rings is 1. The Morgan fingerprint density at radius 3 is 2.42 bits per heavy atom. The summed E-state index contributed by atoms with van der Waals surface area (Å²) >= 11 is 0. The number of carbonyl (C=O) groups is 1. The number of hydrogen-bond acceptors (Lipinski definition) is 2. The fraction of sp³-hybridized carbons (Fsp3) is 0.562. The van der Waals surface area contributed by atoms with Gasteiger partial charge >= 0.3 is 0 Å². The third-order valence-electron chi connectivity index (χ3n) is 4.27. The second-order valence-corrected chi connectivity index (χ2v) is 5.62. The molecule has 1 amide bonds. The predicted molar refractivity (Wildman–Crippen MR) is 78.2 cm³/mol. The molecule has 0 radical (unpaired) electrons. The summed E-state index contributed by atoms with van der Waals surface area (Å²) in [5, 5.41) is 0. The fourth-order valence-corrected chi connectivity index (χ4v) is 2.58. The highest BCUT2D eigenvalue weighted by atomic mass is 16.2. The molecule has 3 heteroatoms. The number of carbonyl (C=O) groups excluding carboxylic acids is 1. The van der Waals surface area contributed by atoms with Gasteiger partial charge in [-0.15, -0.1) is 0 Å². The van der Waals surface area contributed by atoms with E-state index in [9.17, 15) is 4.79 Å². The Kier molecular flexibility index (Phi) is 4.25. The number of amides is 1. The van der Waals surface area contributed by atoms with Gasteiger partial charge in [0.1, 0.15) is 6.04 Å². The molecule has 1 aliphatic rings. The van der Waals surface area contributed by atoms with E-state index in [2.05, 4.69) is 43.0 Å². The molecule has 0 aliphatic carbocycles. The highest BCUT2D eigenvalue weighted by molar-refractivity contribution is 5.83. The summed E-state index contributed by atoms with van der Waals surface area (Å²) in [6.45, 7) is 6.18. The Hall–Kier alpha value is -1.35. The summed E-state index contributed by atoms with van der Waals surface area (Å²) in [5.74, 6) is 0.779. The largest absolute Gasteiger partial charge is 0.343 e. The lowest BCUT2D eigenvalue weighted by molar-refractivity contribution is -0.139. The van der Waals surface area contributed by atoms with E-state index >= 15 is 0 Å². The molecule has 0 spiro atoms. The van der Waals surface area contributed by atoms with Crippen molar-refractivity contribution in [1.82, 2.24) is 9.80 Å².